The minimum Gasteiger partial charge on any atom is -0.297 e. The van der Waals surface area contributed by atoms with Crippen LogP contribution in [0.25, 0.3) is 0 Å². The Bertz CT molecular complexity index is 707. The Morgan fingerprint density at radius 2 is 1.95 bits per heavy atom. The molecule has 0 saturated heterocycles. The van der Waals surface area contributed by atoms with Gasteiger partial charge in [-0.1, -0.05) is 23.4 Å². The van der Waals surface area contributed by atoms with Crippen LogP contribution in [-0.4, -0.2) is 25.9 Å². The molecule has 1 aromatic carbocycles. The van der Waals surface area contributed by atoms with E-state index in [1.165, 1.54) is 35.2 Å². The number of carbonyl (C=O) groups is 1. The van der Waals surface area contributed by atoms with Gasteiger partial charge in [0.25, 0.3) is 0 Å². The molecule has 0 aliphatic carbocycles. The normalized spacial score (nSPS) is 11.5. The molecule has 2 rings (SSSR count). The number of carbonyl (C=O) groups excluding carboxylic acids is 1. The second-order valence-electron chi connectivity index (χ2n) is 3.60. The van der Waals surface area contributed by atoms with Gasteiger partial charge >= 0.3 is 0 Å². The third-order valence-electron chi connectivity index (χ3n) is 2.15. The Morgan fingerprint density at radius 3 is 2.42 bits per heavy atom. The van der Waals surface area contributed by atoms with Crippen molar-refractivity contribution in [3.05, 3.63) is 34.3 Å². The molecule has 0 fully saturated rings. The Hall–Kier alpha value is -0.890. The summed E-state index contributed by atoms with van der Waals surface area (Å²) in [4.78, 5) is 16.2. The highest BCUT2D eigenvalue weighted by molar-refractivity contribution is 8.01. The van der Waals surface area contributed by atoms with Gasteiger partial charge in [0.2, 0.25) is 0 Å². The van der Waals surface area contributed by atoms with Crippen molar-refractivity contribution in [1.82, 2.24) is 4.98 Å². The molecule has 0 unspecified atom stereocenters. The lowest BCUT2D eigenvalue weighted by Gasteiger charge is -2.00. The van der Waals surface area contributed by atoms with Gasteiger partial charge in [-0.3, -0.25) is 4.79 Å². The number of aldehydes is 1. The van der Waals surface area contributed by atoms with Gasteiger partial charge in [-0.05, 0) is 24.3 Å². The van der Waals surface area contributed by atoms with Crippen molar-refractivity contribution < 1.29 is 13.2 Å². The van der Waals surface area contributed by atoms with Crippen molar-refractivity contribution in [3.8, 4) is 0 Å². The van der Waals surface area contributed by atoms with E-state index < -0.39 is 9.84 Å². The molecule has 0 radical (unpaired) electrons. The topological polar surface area (TPSA) is 64.1 Å². The molecule has 0 amide bonds. The highest BCUT2D eigenvalue weighted by Gasteiger charge is 2.11. The minimum atomic E-state index is -3.19. The van der Waals surface area contributed by atoms with Crippen molar-refractivity contribution in [2.24, 2.45) is 0 Å². The van der Waals surface area contributed by atoms with Crippen LogP contribution in [0.3, 0.4) is 0 Å². The SMILES string of the molecule is CS(=O)(=O)c1ccc(Sc2nc(Cl)c(C=O)s2)cc1. The van der Waals surface area contributed by atoms with E-state index in [0.717, 1.165) is 11.2 Å². The zero-order valence-electron chi connectivity index (χ0n) is 9.66. The molecule has 0 bridgehead atoms. The predicted molar refractivity (Wildman–Crippen MR) is 76.2 cm³/mol. The van der Waals surface area contributed by atoms with Gasteiger partial charge in [0.1, 0.15) is 4.88 Å². The van der Waals surface area contributed by atoms with Crippen molar-refractivity contribution in [2.75, 3.05) is 6.26 Å². The fourth-order valence-electron chi connectivity index (χ4n) is 1.27. The lowest BCUT2D eigenvalue weighted by molar-refractivity contribution is 0.112. The Morgan fingerprint density at radius 1 is 1.32 bits per heavy atom. The average Bonchev–Trinajstić information content (AvgIpc) is 2.69. The number of hydrogen-bond donors (Lipinski definition) is 0. The standard InChI is InChI=1S/C11H8ClNO3S3/c1-19(15,16)8-4-2-7(3-5-8)17-11-13-10(12)9(6-14)18-11/h2-6H,1H3. The van der Waals surface area contributed by atoms with E-state index in [9.17, 15) is 13.2 Å². The van der Waals surface area contributed by atoms with Gasteiger partial charge in [0.05, 0.1) is 4.90 Å². The van der Waals surface area contributed by atoms with Crippen LogP contribution in [0.4, 0.5) is 0 Å². The van der Waals surface area contributed by atoms with E-state index in [2.05, 4.69) is 4.98 Å². The molecule has 4 nitrogen and oxygen atoms in total. The quantitative estimate of drug-likeness (QED) is 0.804. The van der Waals surface area contributed by atoms with E-state index in [1.54, 1.807) is 12.1 Å². The number of benzene rings is 1. The Kier molecular flexibility index (Phi) is 4.29. The first kappa shape index (κ1) is 14.5. The van der Waals surface area contributed by atoms with Gasteiger partial charge in [-0.15, -0.1) is 11.3 Å². The number of thiazole rings is 1. The molecule has 1 heterocycles. The first-order chi connectivity index (χ1) is 8.90. The second kappa shape index (κ2) is 5.62. The van der Waals surface area contributed by atoms with Crippen LogP contribution in [0.15, 0.2) is 38.4 Å². The lowest BCUT2D eigenvalue weighted by atomic mass is 10.4. The molecule has 8 heteroatoms. The third-order valence-corrected chi connectivity index (χ3v) is 5.73. The molecule has 100 valence electrons. The molecular weight excluding hydrogens is 326 g/mol. The number of nitrogens with zero attached hydrogens (tertiary/aromatic N) is 1. The summed E-state index contributed by atoms with van der Waals surface area (Å²) in [7, 11) is -3.19. The van der Waals surface area contributed by atoms with Gasteiger partial charge in [-0.25, -0.2) is 13.4 Å². The molecule has 0 spiro atoms. The van der Waals surface area contributed by atoms with Crippen molar-refractivity contribution in [3.63, 3.8) is 0 Å². The summed E-state index contributed by atoms with van der Waals surface area (Å²) in [5.74, 6) is 0. The van der Waals surface area contributed by atoms with Gasteiger partial charge < -0.3 is 0 Å². The molecule has 19 heavy (non-hydrogen) atoms. The molecule has 0 N–H and O–H groups in total. The van der Waals surface area contributed by atoms with Crippen LogP contribution in [0.5, 0.6) is 0 Å². The van der Waals surface area contributed by atoms with E-state index in [4.69, 9.17) is 11.6 Å². The smallest absolute Gasteiger partial charge is 0.175 e. The number of rotatable bonds is 4. The fraction of sp³-hybridized carbons (Fsp3) is 0.0909. The molecule has 0 aliphatic rings. The number of hydrogen-bond acceptors (Lipinski definition) is 6. The van der Waals surface area contributed by atoms with E-state index in [-0.39, 0.29) is 10.0 Å². The van der Waals surface area contributed by atoms with Crippen LogP contribution in [-0.2, 0) is 9.84 Å². The van der Waals surface area contributed by atoms with Crippen molar-refractivity contribution in [2.45, 2.75) is 14.1 Å². The fourth-order valence-corrected chi connectivity index (χ4v) is 4.08. The first-order valence-corrected chi connectivity index (χ1v) is 8.90. The summed E-state index contributed by atoms with van der Waals surface area (Å²) in [6.45, 7) is 0. The summed E-state index contributed by atoms with van der Waals surface area (Å²) in [5.41, 5.74) is 0. The zero-order valence-corrected chi connectivity index (χ0v) is 12.9. The second-order valence-corrected chi connectivity index (χ2v) is 8.32. The van der Waals surface area contributed by atoms with Crippen molar-refractivity contribution in [1.29, 1.82) is 0 Å². The molecule has 0 saturated carbocycles. The van der Waals surface area contributed by atoms with Gasteiger partial charge in [0.15, 0.2) is 25.6 Å². The zero-order chi connectivity index (χ0) is 14.0. The van der Waals surface area contributed by atoms with E-state index >= 15 is 0 Å². The maximum absolute atomic E-state index is 11.3. The maximum Gasteiger partial charge on any atom is 0.175 e. The van der Waals surface area contributed by atoms with Crippen LogP contribution >= 0.6 is 34.7 Å². The predicted octanol–water partition coefficient (Wildman–Crippen LogP) is 3.16. The Labute approximate surface area is 123 Å². The molecular formula is C11H8ClNO3S3. The summed E-state index contributed by atoms with van der Waals surface area (Å²) in [5, 5.41) is 0.190. The molecule has 1 aromatic heterocycles. The minimum absolute atomic E-state index is 0.190. The summed E-state index contributed by atoms with van der Waals surface area (Å²) in [6, 6.07) is 6.45. The van der Waals surface area contributed by atoms with Crippen LogP contribution < -0.4 is 0 Å². The number of sulfone groups is 1. The van der Waals surface area contributed by atoms with Crippen LogP contribution in [0, 0.1) is 0 Å². The number of halogens is 1. The Balaban J connectivity index is 2.22. The van der Waals surface area contributed by atoms with E-state index in [1.807, 2.05) is 0 Å². The summed E-state index contributed by atoms with van der Waals surface area (Å²) < 4.78 is 23.3. The van der Waals surface area contributed by atoms with Crippen LogP contribution in [0.1, 0.15) is 9.67 Å². The number of aromatic nitrogens is 1. The maximum atomic E-state index is 11.3. The highest BCUT2D eigenvalue weighted by Crippen LogP contribution is 2.34. The first-order valence-electron chi connectivity index (χ1n) is 4.99. The third kappa shape index (κ3) is 3.56. The highest BCUT2D eigenvalue weighted by atomic mass is 35.5. The lowest BCUT2D eigenvalue weighted by Crippen LogP contribution is -1.95. The van der Waals surface area contributed by atoms with Crippen LogP contribution in [0.2, 0.25) is 5.15 Å². The largest absolute Gasteiger partial charge is 0.297 e. The van der Waals surface area contributed by atoms with Gasteiger partial charge in [-0.2, -0.15) is 0 Å². The van der Waals surface area contributed by atoms with Gasteiger partial charge in [0, 0.05) is 11.2 Å². The molecule has 0 atom stereocenters. The monoisotopic (exact) mass is 333 g/mol. The van der Waals surface area contributed by atoms with E-state index in [0.29, 0.717) is 15.5 Å². The molecule has 2 aromatic rings. The molecule has 0 aliphatic heterocycles. The summed E-state index contributed by atoms with van der Waals surface area (Å²) >= 11 is 8.30. The van der Waals surface area contributed by atoms with Crippen molar-refractivity contribution >= 4 is 50.8 Å². The summed E-state index contributed by atoms with van der Waals surface area (Å²) in [6.07, 6.45) is 1.82. The average molecular weight is 334 g/mol.